The third-order valence-electron chi connectivity index (χ3n) is 5.07. The largest absolute Gasteiger partial charge is 0.354 e. The van der Waals surface area contributed by atoms with Crippen LogP contribution in [0.5, 0.6) is 0 Å². The maximum absolute atomic E-state index is 12.9. The Kier molecular flexibility index (Phi) is 5.43. The lowest BCUT2D eigenvalue weighted by Gasteiger charge is -2.13. The Labute approximate surface area is 174 Å². The lowest BCUT2D eigenvalue weighted by atomic mass is 10.0. The molecule has 0 aliphatic carbocycles. The van der Waals surface area contributed by atoms with Gasteiger partial charge in [0, 0.05) is 12.1 Å². The van der Waals surface area contributed by atoms with Gasteiger partial charge in [0.15, 0.2) is 0 Å². The molecule has 0 unspecified atom stereocenters. The Bertz CT molecular complexity index is 1230. The SMILES string of the molecule is Cc1nn(CC(=O)NC[C@H](C)c2ccccc2)c(=O)c2cc(-c3ccccc3)nn12. The van der Waals surface area contributed by atoms with E-state index in [1.165, 1.54) is 9.20 Å². The third-order valence-corrected chi connectivity index (χ3v) is 5.07. The summed E-state index contributed by atoms with van der Waals surface area (Å²) in [4.78, 5) is 25.3. The van der Waals surface area contributed by atoms with Gasteiger partial charge in [-0.2, -0.15) is 10.2 Å². The van der Waals surface area contributed by atoms with E-state index in [0.29, 0.717) is 23.6 Å². The summed E-state index contributed by atoms with van der Waals surface area (Å²) in [7, 11) is 0. The van der Waals surface area contributed by atoms with Crippen molar-refractivity contribution in [3.8, 4) is 11.3 Å². The number of carbonyl (C=O) groups excluding carboxylic acids is 1. The van der Waals surface area contributed by atoms with Gasteiger partial charge in [-0.25, -0.2) is 9.20 Å². The Hall–Kier alpha value is -3.74. The zero-order valence-electron chi connectivity index (χ0n) is 16.9. The van der Waals surface area contributed by atoms with E-state index in [2.05, 4.69) is 15.5 Å². The summed E-state index contributed by atoms with van der Waals surface area (Å²) in [6, 6.07) is 21.4. The van der Waals surface area contributed by atoms with Crippen LogP contribution in [0.4, 0.5) is 0 Å². The molecule has 1 amide bonds. The van der Waals surface area contributed by atoms with Crippen molar-refractivity contribution in [2.24, 2.45) is 0 Å². The van der Waals surface area contributed by atoms with Crippen LogP contribution in [0.1, 0.15) is 24.2 Å². The highest BCUT2D eigenvalue weighted by atomic mass is 16.2. The molecule has 1 atom stereocenters. The molecule has 1 N–H and O–H groups in total. The van der Waals surface area contributed by atoms with Crippen molar-refractivity contribution < 1.29 is 4.79 Å². The molecule has 2 heterocycles. The first-order valence-electron chi connectivity index (χ1n) is 9.87. The molecule has 0 saturated carbocycles. The lowest BCUT2D eigenvalue weighted by molar-refractivity contribution is -0.121. The van der Waals surface area contributed by atoms with Crippen molar-refractivity contribution >= 4 is 11.4 Å². The second kappa shape index (κ2) is 8.32. The van der Waals surface area contributed by atoms with Gasteiger partial charge in [-0.05, 0) is 24.5 Å². The first-order valence-corrected chi connectivity index (χ1v) is 9.87. The molecule has 7 nitrogen and oxygen atoms in total. The number of rotatable bonds is 6. The maximum atomic E-state index is 12.9. The number of nitrogens with zero attached hydrogens (tertiary/aromatic N) is 4. The minimum Gasteiger partial charge on any atom is -0.354 e. The molecule has 152 valence electrons. The van der Waals surface area contributed by atoms with Crippen LogP contribution in [0, 0.1) is 6.92 Å². The summed E-state index contributed by atoms with van der Waals surface area (Å²) < 4.78 is 2.72. The number of amides is 1. The summed E-state index contributed by atoms with van der Waals surface area (Å²) in [6.45, 7) is 4.17. The van der Waals surface area contributed by atoms with Gasteiger partial charge in [0.05, 0.1) is 5.69 Å². The van der Waals surface area contributed by atoms with E-state index in [-0.39, 0.29) is 23.9 Å². The van der Waals surface area contributed by atoms with Crippen LogP contribution < -0.4 is 10.9 Å². The highest BCUT2D eigenvalue weighted by Gasteiger charge is 2.15. The van der Waals surface area contributed by atoms with Crippen molar-refractivity contribution in [2.45, 2.75) is 26.3 Å². The molecule has 0 saturated heterocycles. The molecule has 2 aromatic heterocycles. The third kappa shape index (κ3) is 4.00. The van der Waals surface area contributed by atoms with Crippen LogP contribution in [-0.2, 0) is 11.3 Å². The van der Waals surface area contributed by atoms with Crippen molar-refractivity contribution in [3.05, 3.63) is 88.5 Å². The smallest absolute Gasteiger partial charge is 0.293 e. The van der Waals surface area contributed by atoms with Gasteiger partial charge in [0.1, 0.15) is 17.9 Å². The first-order chi connectivity index (χ1) is 14.5. The Morgan fingerprint density at radius 2 is 1.70 bits per heavy atom. The van der Waals surface area contributed by atoms with Crippen LogP contribution in [-0.4, -0.2) is 31.8 Å². The predicted molar refractivity (Wildman–Crippen MR) is 115 cm³/mol. The highest BCUT2D eigenvalue weighted by molar-refractivity contribution is 5.75. The molecule has 0 spiro atoms. The molecule has 0 fully saturated rings. The Morgan fingerprint density at radius 3 is 2.40 bits per heavy atom. The van der Waals surface area contributed by atoms with E-state index in [1.54, 1.807) is 13.0 Å². The molecule has 4 rings (SSSR count). The molecule has 0 aliphatic rings. The quantitative estimate of drug-likeness (QED) is 0.539. The summed E-state index contributed by atoms with van der Waals surface area (Å²) in [5.41, 5.74) is 2.81. The standard InChI is InChI=1S/C23H23N5O2/c1-16(18-9-5-3-6-10-18)14-24-22(29)15-27-23(30)21-13-20(19-11-7-4-8-12-19)26-28(21)17(2)25-27/h3-13,16H,14-15H2,1-2H3,(H,24,29)/t16-/m0/s1. The van der Waals surface area contributed by atoms with E-state index < -0.39 is 0 Å². The number of hydrogen-bond acceptors (Lipinski definition) is 4. The average molecular weight is 401 g/mol. The van der Waals surface area contributed by atoms with Crippen molar-refractivity contribution in [2.75, 3.05) is 6.54 Å². The second-order valence-corrected chi connectivity index (χ2v) is 7.32. The van der Waals surface area contributed by atoms with Crippen LogP contribution in [0.15, 0.2) is 71.5 Å². The zero-order chi connectivity index (χ0) is 21.1. The molecule has 7 heteroatoms. The van der Waals surface area contributed by atoms with Gasteiger partial charge in [0.2, 0.25) is 5.91 Å². The number of benzene rings is 2. The van der Waals surface area contributed by atoms with Gasteiger partial charge in [0.25, 0.3) is 5.56 Å². The lowest BCUT2D eigenvalue weighted by Crippen LogP contribution is -2.36. The zero-order valence-corrected chi connectivity index (χ0v) is 16.9. The van der Waals surface area contributed by atoms with Crippen molar-refractivity contribution in [1.82, 2.24) is 24.7 Å². The molecular weight excluding hydrogens is 378 g/mol. The van der Waals surface area contributed by atoms with Crippen molar-refractivity contribution in [1.29, 1.82) is 0 Å². The van der Waals surface area contributed by atoms with Gasteiger partial charge < -0.3 is 5.32 Å². The van der Waals surface area contributed by atoms with E-state index in [1.807, 2.05) is 67.6 Å². The number of aryl methyl sites for hydroxylation is 1. The Balaban J connectivity index is 1.52. The number of carbonyl (C=O) groups is 1. The van der Waals surface area contributed by atoms with Crippen LogP contribution in [0.2, 0.25) is 0 Å². The predicted octanol–water partition coefficient (Wildman–Crippen LogP) is 2.79. The highest BCUT2D eigenvalue weighted by Crippen LogP contribution is 2.18. The fourth-order valence-electron chi connectivity index (χ4n) is 3.39. The van der Waals surface area contributed by atoms with E-state index in [9.17, 15) is 9.59 Å². The monoisotopic (exact) mass is 401 g/mol. The summed E-state index contributed by atoms with van der Waals surface area (Å²) in [5.74, 6) is 0.462. The topological polar surface area (TPSA) is 81.3 Å². The maximum Gasteiger partial charge on any atom is 0.293 e. The fraction of sp³-hybridized carbons (Fsp3) is 0.217. The molecule has 0 aliphatic heterocycles. The summed E-state index contributed by atoms with van der Waals surface area (Å²) in [5, 5.41) is 11.7. The number of fused-ring (bicyclic) bond motifs is 1. The van der Waals surface area contributed by atoms with Crippen LogP contribution in [0.3, 0.4) is 0 Å². The molecule has 30 heavy (non-hydrogen) atoms. The minimum absolute atomic E-state index is 0.135. The molecule has 0 radical (unpaired) electrons. The van der Waals surface area contributed by atoms with Crippen LogP contribution in [0.25, 0.3) is 16.8 Å². The van der Waals surface area contributed by atoms with Gasteiger partial charge >= 0.3 is 0 Å². The van der Waals surface area contributed by atoms with Gasteiger partial charge in [-0.1, -0.05) is 67.6 Å². The van der Waals surface area contributed by atoms with Crippen LogP contribution >= 0.6 is 0 Å². The average Bonchev–Trinajstić information content (AvgIpc) is 3.23. The molecule has 2 aromatic carbocycles. The fourth-order valence-corrected chi connectivity index (χ4v) is 3.39. The van der Waals surface area contributed by atoms with E-state index in [4.69, 9.17) is 0 Å². The number of hydrogen-bond donors (Lipinski definition) is 1. The normalized spacial score (nSPS) is 12.1. The molecule has 0 bridgehead atoms. The number of nitrogens with one attached hydrogen (secondary N) is 1. The molecule has 4 aromatic rings. The second-order valence-electron chi connectivity index (χ2n) is 7.32. The molecular formula is C23H23N5O2. The summed E-state index contributed by atoms with van der Waals surface area (Å²) >= 11 is 0. The first kappa shape index (κ1) is 19.6. The van der Waals surface area contributed by atoms with Crippen molar-refractivity contribution in [3.63, 3.8) is 0 Å². The minimum atomic E-state index is -0.346. The Morgan fingerprint density at radius 1 is 1.03 bits per heavy atom. The summed E-state index contributed by atoms with van der Waals surface area (Å²) in [6.07, 6.45) is 0. The van der Waals surface area contributed by atoms with E-state index in [0.717, 1.165) is 11.1 Å². The van der Waals surface area contributed by atoms with E-state index >= 15 is 0 Å². The van der Waals surface area contributed by atoms with Gasteiger partial charge in [-0.15, -0.1) is 0 Å². The number of aromatic nitrogens is 4. The van der Waals surface area contributed by atoms with Gasteiger partial charge in [-0.3, -0.25) is 9.59 Å².